The van der Waals surface area contributed by atoms with Crippen molar-refractivity contribution < 1.29 is 0 Å². The minimum atomic E-state index is 0.297. The number of nitriles is 1. The number of rotatable bonds is 3. The van der Waals surface area contributed by atoms with E-state index in [1.807, 2.05) is 25.2 Å². The number of nitrogen functional groups attached to an aromatic ring is 1. The van der Waals surface area contributed by atoms with Crippen LogP contribution in [0.3, 0.4) is 0 Å². The molecule has 0 atom stereocenters. The number of aromatic nitrogens is 3. The minimum Gasteiger partial charge on any atom is -0.382 e. The van der Waals surface area contributed by atoms with Gasteiger partial charge in [-0.25, -0.2) is 0 Å². The van der Waals surface area contributed by atoms with Crippen LogP contribution in [-0.2, 0) is 13.6 Å². The van der Waals surface area contributed by atoms with Crippen molar-refractivity contribution in [2.24, 2.45) is 7.05 Å². The standard InChI is InChI=1S/C10H12N6S/c1-15(5-7-4-13-16(2)6-7)10-8(3-11)9(12)14-17-10/h4,6H,5H2,1-2H3,(H2,12,14). The number of nitrogens with two attached hydrogens (primary N) is 1. The lowest BCUT2D eigenvalue weighted by molar-refractivity contribution is 0.766. The van der Waals surface area contributed by atoms with E-state index in [0.717, 1.165) is 10.6 Å². The van der Waals surface area contributed by atoms with Crippen molar-refractivity contribution in [2.75, 3.05) is 17.7 Å². The normalized spacial score (nSPS) is 10.2. The maximum absolute atomic E-state index is 9.00. The smallest absolute Gasteiger partial charge is 0.157 e. The fourth-order valence-electron chi connectivity index (χ4n) is 1.56. The van der Waals surface area contributed by atoms with Crippen LogP contribution in [0.5, 0.6) is 0 Å². The van der Waals surface area contributed by atoms with E-state index in [0.29, 0.717) is 17.9 Å². The summed E-state index contributed by atoms with van der Waals surface area (Å²) in [6.07, 6.45) is 3.74. The molecular formula is C10H12N6S. The second kappa shape index (κ2) is 4.43. The maximum Gasteiger partial charge on any atom is 0.157 e. The lowest BCUT2D eigenvalue weighted by Crippen LogP contribution is -2.15. The lowest BCUT2D eigenvalue weighted by atomic mass is 10.3. The van der Waals surface area contributed by atoms with Gasteiger partial charge in [0, 0.05) is 32.4 Å². The van der Waals surface area contributed by atoms with Crippen LogP contribution in [0.25, 0.3) is 0 Å². The summed E-state index contributed by atoms with van der Waals surface area (Å²) >= 11 is 1.24. The molecule has 17 heavy (non-hydrogen) atoms. The first-order chi connectivity index (χ1) is 8.11. The lowest BCUT2D eigenvalue weighted by Gasteiger charge is -2.15. The average molecular weight is 248 g/mol. The molecule has 0 amide bonds. The zero-order valence-electron chi connectivity index (χ0n) is 9.58. The van der Waals surface area contributed by atoms with Crippen molar-refractivity contribution >= 4 is 22.4 Å². The van der Waals surface area contributed by atoms with E-state index < -0.39 is 0 Å². The zero-order chi connectivity index (χ0) is 12.4. The highest BCUT2D eigenvalue weighted by Gasteiger charge is 2.15. The Hall–Kier alpha value is -2.07. The van der Waals surface area contributed by atoms with Crippen molar-refractivity contribution in [2.45, 2.75) is 6.54 Å². The highest BCUT2D eigenvalue weighted by atomic mass is 32.1. The van der Waals surface area contributed by atoms with Gasteiger partial charge in [-0.3, -0.25) is 4.68 Å². The Morgan fingerprint density at radius 1 is 1.65 bits per heavy atom. The zero-order valence-corrected chi connectivity index (χ0v) is 10.4. The van der Waals surface area contributed by atoms with Crippen LogP contribution in [-0.4, -0.2) is 21.2 Å². The highest BCUT2D eigenvalue weighted by molar-refractivity contribution is 7.10. The summed E-state index contributed by atoms with van der Waals surface area (Å²) in [5.41, 5.74) is 7.14. The predicted molar refractivity (Wildman–Crippen MR) is 66.6 cm³/mol. The van der Waals surface area contributed by atoms with Gasteiger partial charge in [0.2, 0.25) is 0 Å². The molecular weight excluding hydrogens is 236 g/mol. The monoisotopic (exact) mass is 248 g/mol. The van der Waals surface area contributed by atoms with Crippen LogP contribution in [0.4, 0.5) is 10.8 Å². The van der Waals surface area contributed by atoms with Crippen LogP contribution < -0.4 is 10.6 Å². The number of hydrogen-bond donors (Lipinski definition) is 1. The second-order valence-corrected chi connectivity index (χ2v) is 4.49. The average Bonchev–Trinajstić information content (AvgIpc) is 2.84. The molecule has 0 aromatic carbocycles. The quantitative estimate of drug-likeness (QED) is 0.874. The third-order valence-electron chi connectivity index (χ3n) is 2.34. The van der Waals surface area contributed by atoms with E-state index in [2.05, 4.69) is 15.5 Å². The van der Waals surface area contributed by atoms with E-state index in [1.165, 1.54) is 11.5 Å². The molecule has 2 N–H and O–H groups in total. The molecule has 2 rings (SSSR count). The number of nitrogens with zero attached hydrogens (tertiary/aromatic N) is 5. The van der Waals surface area contributed by atoms with Crippen molar-refractivity contribution in [3.8, 4) is 6.07 Å². The molecule has 0 saturated heterocycles. The van der Waals surface area contributed by atoms with Crippen molar-refractivity contribution in [1.82, 2.24) is 14.2 Å². The van der Waals surface area contributed by atoms with Crippen molar-refractivity contribution in [1.29, 1.82) is 5.26 Å². The predicted octanol–water partition coefficient (Wildman–Crippen LogP) is 0.967. The molecule has 2 heterocycles. The van der Waals surface area contributed by atoms with Crippen molar-refractivity contribution in [3.05, 3.63) is 23.5 Å². The van der Waals surface area contributed by atoms with Crippen LogP contribution in [0.1, 0.15) is 11.1 Å². The van der Waals surface area contributed by atoms with Gasteiger partial charge in [0.1, 0.15) is 16.6 Å². The van der Waals surface area contributed by atoms with Crippen LogP contribution in [0.15, 0.2) is 12.4 Å². The third kappa shape index (κ3) is 2.21. The summed E-state index contributed by atoms with van der Waals surface area (Å²) in [5.74, 6) is 0.297. The Bertz CT molecular complexity index is 564. The first-order valence-corrected chi connectivity index (χ1v) is 5.73. The summed E-state index contributed by atoms with van der Waals surface area (Å²) in [6.45, 7) is 0.671. The molecule has 6 nitrogen and oxygen atoms in total. The van der Waals surface area contributed by atoms with Crippen LogP contribution in [0.2, 0.25) is 0 Å². The van der Waals surface area contributed by atoms with Crippen LogP contribution in [0, 0.1) is 11.3 Å². The molecule has 88 valence electrons. The van der Waals surface area contributed by atoms with Crippen LogP contribution >= 0.6 is 11.5 Å². The molecule has 0 aliphatic rings. The molecule has 0 saturated carbocycles. The van der Waals surface area contributed by atoms with Gasteiger partial charge < -0.3 is 10.6 Å². The summed E-state index contributed by atoms with van der Waals surface area (Å²) in [6, 6.07) is 2.08. The molecule has 7 heteroatoms. The molecule has 0 radical (unpaired) electrons. The number of hydrogen-bond acceptors (Lipinski definition) is 6. The van der Waals surface area contributed by atoms with Gasteiger partial charge in [0.25, 0.3) is 0 Å². The molecule has 0 spiro atoms. The Morgan fingerprint density at radius 3 is 3.00 bits per heavy atom. The van der Waals surface area contributed by atoms with E-state index in [4.69, 9.17) is 11.0 Å². The largest absolute Gasteiger partial charge is 0.382 e. The van der Waals surface area contributed by atoms with Gasteiger partial charge in [-0.2, -0.15) is 14.7 Å². The first kappa shape index (κ1) is 11.4. The molecule has 0 fully saturated rings. The summed E-state index contributed by atoms with van der Waals surface area (Å²) in [5, 5.41) is 13.9. The highest BCUT2D eigenvalue weighted by Crippen LogP contribution is 2.29. The van der Waals surface area contributed by atoms with Gasteiger partial charge in [0.05, 0.1) is 6.20 Å². The molecule has 0 unspecified atom stereocenters. The molecule has 0 aliphatic heterocycles. The molecule has 0 aliphatic carbocycles. The summed E-state index contributed by atoms with van der Waals surface area (Å²) in [7, 11) is 3.77. The maximum atomic E-state index is 9.00. The third-order valence-corrected chi connectivity index (χ3v) is 3.31. The number of anilines is 2. The topological polar surface area (TPSA) is 83.8 Å². The van der Waals surface area contributed by atoms with Gasteiger partial charge in [0.15, 0.2) is 5.82 Å². The Labute approximate surface area is 103 Å². The Balaban J connectivity index is 2.20. The van der Waals surface area contributed by atoms with Gasteiger partial charge in [-0.1, -0.05) is 0 Å². The fraction of sp³-hybridized carbons (Fsp3) is 0.300. The minimum absolute atomic E-state index is 0.297. The molecule has 0 bridgehead atoms. The molecule has 2 aromatic rings. The van der Waals surface area contributed by atoms with Gasteiger partial charge in [-0.05, 0) is 11.5 Å². The first-order valence-electron chi connectivity index (χ1n) is 4.95. The van der Waals surface area contributed by atoms with Gasteiger partial charge in [-0.15, -0.1) is 0 Å². The molecule has 2 aromatic heterocycles. The second-order valence-electron chi connectivity index (χ2n) is 3.74. The Morgan fingerprint density at radius 2 is 2.41 bits per heavy atom. The fourth-order valence-corrected chi connectivity index (χ4v) is 2.28. The SMILES string of the molecule is CN(Cc1cnn(C)c1)c1snc(N)c1C#N. The Kier molecular flexibility index (Phi) is 2.97. The summed E-state index contributed by atoms with van der Waals surface area (Å²) < 4.78 is 5.74. The van der Waals surface area contributed by atoms with E-state index in [-0.39, 0.29) is 0 Å². The van der Waals surface area contributed by atoms with Gasteiger partial charge >= 0.3 is 0 Å². The van der Waals surface area contributed by atoms with E-state index in [9.17, 15) is 0 Å². The van der Waals surface area contributed by atoms with E-state index in [1.54, 1.807) is 10.9 Å². The van der Waals surface area contributed by atoms with Crippen molar-refractivity contribution in [3.63, 3.8) is 0 Å². The summed E-state index contributed by atoms with van der Waals surface area (Å²) in [4.78, 5) is 1.95. The van der Waals surface area contributed by atoms with E-state index >= 15 is 0 Å². The number of aryl methyl sites for hydroxylation is 1.